The van der Waals surface area contributed by atoms with Crippen LogP contribution in [0.3, 0.4) is 0 Å². The number of aromatic amines is 1. The van der Waals surface area contributed by atoms with Gasteiger partial charge >= 0.3 is 0 Å². The predicted octanol–water partition coefficient (Wildman–Crippen LogP) is 2.54. The second-order valence-corrected chi connectivity index (χ2v) is 7.14. The number of aromatic nitrogens is 2. The van der Waals surface area contributed by atoms with E-state index in [4.69, 9.17) is 0 Å². The summed E-state index contributed by atoms with van der Waals surface area (Å²) < 4.78 is 0. The van der Waals surface area contributed by atoms with Gasteiger partial charge in [-0.3, -0.25) is 14.5 Å². The van der Waals surface area contributed by atoms with Gasteiger partial charge in [0.15, 0.2) is 5.78 Å². The lowest BCUT2D eigenvalue weighted by Crippen LogP contribution is -2.35. The molecule has 0 aliphatic carbocycles. The third-order valence-corrected chi connectivity index (χ3v) is 5.24. The van der Waals surface area contributed by atoms with E-state index in [0.29, 0.717) is 6.54 Å². The Kier molecular flexibility index (Phi) is 4.73. The fraction of sp³-hybridized carbons (Fsp3) is 0.471. The fourth-order valence-corrected chi connectivity index (χ4v) is 3.84. The molecular weight excluding hydrogens is 310 g/mol. The van der Waals surface area contributed by atoms with Crippen molar-refractivity contribution in [3.8, 4) is 0 Å². The first-order chi connectivity index (χ1) is 11.1. The summed E-state index contributed by atoms with van der Waals surface area (Å²) in [6.45, 7) is 5.95. The van der Waals surface area contributed by atoms with Crippen molar-refractivity contribution in [3.05, 3.63) is 49.3 Å². The van der Waals surface area contributed by atoms with Gasteiger partial charge in [0.05, 0.1) is 16.1 Å². The van der Waals surface area contributed by atoms with Crippen LogP contribution in [0, 0.1) is 0 Å². The molecule has 0 aromatic carbocycles. The highest BCUT2D eigenvalue weighted by Gasteiger charge is 2.21. The van der Waals surface area contributed by atoms with E-state index in [1.165, 1.54) is 11.3 Å². The summed E-state index contributed by atoms with van der Waals surface area (Å²) in [5, 5.41) is 0. The SMILES string of the molecule is CCCc1nc2c(c(=O)[nH]1)CN(Cc1ccc(C(C)=O)s1)CC2. The minimum absolute atomic E-state index is 0.00115. The molecule has 0 atom stereocenters. The Morgan fingerprint density at radius 3 is 2.96 bits per heavy atom. The van der Waals surface area contributed by atoms with Gasteiger partial charge in [0, 0.05) is 37.4 Å². The van der Waals surface area contributed by atoms with Crippen molar-refractivity contribution in [2.75, 3.05) is 6.54 Å². The molecule has 23 heavy (non-hydrogen) atoms. The van der Waals surface area contributed by atoms with Gasteiger partial charge in [-0.15, -0.1) is 11.3 Å². The van der Waals surface area contributed by atoms with Crippen molar-refractivity contribution in [3.63, 3.8) is 0 Å². The number of nitrogens with zero attached hydrogens (tertiary/aromatic N) is 2. The highest BCUT2D eigenvalue weighted by molar-refractivity contribution is 7.14. The Bertz CT molecular complexity index is 778. The highest BCUT2D eigenvalue weighted by atomic mass is 32.1. The summed E-state index contributed by atoms with van der Waals surface area (Å²) in [4.78, 5) is 35.4. The maximum atomic E-state index is 12.3. The van der Waals surface area contributed by atoms with Gasteiger partial charge < -0.3 is 4.98 Å². The largest absolute Gasteiger partial charge is 0.310 e. The summed E-state index contributed by atoms with van der Waals surface area (Å²) in [6.07, 6.45) is 2.60. The number of ketones is 1. The standard InChI is InChI=1S/C17H21N3O2S/c1-3-4-16-18-14-7-8-20(10-13(14)17(22)19-16)9-12-5-6-15(23-12)11(2)21/h5-6H,3-4,7-10H2,1-2H3,(H,18,19,22). The molecule has 1 aliphatic heterocycles. The van der Waals surface area contributed by atoms with Crippen molar-refractivity contribution < 1.29 is 4.79 Å². The zero-order chi connectivity index (χ0) is 16.4. The molecule has 0 amide bonds. The van der Waals surface area contributed by atoms with Crippen molar-refractivity contribution in [1.29, 1.82) is 0 Å². The van der Waals surface area contributed by atoms with Crippen molar-refractivity contribution in [1.82, 2.24) is 14.9 Å². The van der Waals surface area contributed by atoms with Crippen LogP contribution in [0.15, 0.2) is 16.9 Å². The summed E-state index contributed by atoms with van der Waals surface area (Å²) in [7, 11) is 0. The minimum atomic E-state index is -0.00115. The first kappa shape index (κ1) is 16.1. The summed E-state index contributed by atoms with van der Waals surface area (Å²) in [6, 6.07) is 3.88. The van der Waals surface area contributed by atoms with Gasteiger partial charge in [0.1, 0.15) is 5.82 Å². The molecule has 0 unspecified atom stereocenters. The molecule has 2 aromatic heterocycles. The monoisotopic (exact) mass is 331 g/mol. The molecule has 1 aliphatic rings. The molecule has 122 valence electrons. The van der Waals surface area contributed by atoms with Crippen LogP contribution in [0.1, 0.15) is 51.9 Å². The number of nitrogens with one attached hydrogen (secondary N) is 1. The number of rotatable bonds is 5. The Morgan fingerprint density at radius 1 is 1.43 bits per heavy atom. The number of thiophene rings is 1. The maximum absolute atomic E-state index is 12.3. The third-order valence-electron chi connectivity index (χ3n) is 4.07. The number of Topliss-reactive ketones (excluding diaryl/α,β-unsaturated/α-hetero) is 1. The number of H-pyrrole nitrogens is 1. The Hall–Kier alpha value is -1.79. The van der Waals surface area contributed by atoms with Gasteiger partial charge in [-0.25, -0.2) is 4.98 Å². The van der Waals surface area contributed by atoms with E-state index in [1.807, 2.05) is 12.1 Å². The first-order valence-corrected chi connectivity index (χ1v) is 8.81. The van der Waals surface area contributed by atoms with Crippen LogP contribution in [0.2, 0.25) is 0 Å². The van der Waals surface area contributed by atoms with Crippen LogP contribution in [0.25, 0.3) is 0 Å². The van der Waals surface area contributed by atoms with Crippen LogP contribution in [0.5, 0.6) is 0 Å². The number of carbonyl (C=O) groups is 1. The number of hydrogen-bond acceptors (Lipinski definition) is 5. The number of aryl methyl sites for hydroxylation is 1. The molecule has 3 rings (SSSR count). The van der Waals surface area contributed by atoms with Crippen molar-refractivity contribution in [2.24, 2.45) is 0 Å². The van der Waals surface area contributed by atoms with Crippen molar-refractivity contribution in [2.45, 2.75) is 46.2 Å². The number of fused-ring (bicyclic) bond motifs is 1. The lowest BCUT2D eigenvalue weighted by molar-refractivity contribution is 0.102. The zero-order valence-electron chi connectivity index (χ0n) is 13.5. The second kappa shape index (κ2) is 6.76. The third kappa shape index (κ3) is 3.59. The lowest BCUT2D eigenvalue weighted by atomic mass is 10.1. The highest BCUT2D eigenvalue weighted by Crippen LogP contribution is 2.22. The van der Waals surface area contributed by atoms with Crippen LogP contribution in [0.4, 0.5) is 0 Å². The topological polar surface area (TPSA) is 66.1 Å². The Labute approximate surface area is 139 Å². The molecule has 2 aromatic rings. The summed E-state index contributed by atoms with van der Waals surface area (Å²) in [5.41, 5.74) is 1.74. The molecule has 3 heterocycles. The van der Waals surface area contributed by atoms with E-state index >= 15 is 0 Å². The van der Waals surface area contributed by atoms with Gasteiger partial charge in [-0.1, -0.05) is 6.92 Å². The van der Waals surface area contributed by atoms with Crippen LogP contribution < -0.4 is 5.56 Å². The van der Waals surface area contributed by atoms with Gasteiger partial charge in [0.25, 0.3) is 5.56 Å². The van der Waals surface area contributed by atoms with E-state index in [9.17, 15) is 9.59 Å². The van der Waals surface area contributed by atoms with E-state index in [-0.39, 0.29) is 11.3 Å². The van der Waals surface area contributed by atoms with Crippen LogP contribution >= 0.6 is 11.3 Å². The molecule has 0 spiro atoms. The molecule has 0 saturated heterocycles. The van der Waals surface area contributed by atoms with E-state index in [1.54, 1.807) is 6.92 Å². The number of carbonyl (C=O) groups excluding carboxylic acids is 1. The molecule has 6 heteroatoms. The average molecular weight is 331 g/mol. The summed E-state index contributed by atoms with van der Waals surface area (Å²) >= 11 is 1.54. The minimum Gasteiger partial charge on any atom is -0.310 e. The van der Waals surface area contributed by atoms with E-state index in [2.05, 4.69) is 21.8 Å². The Balaban J connectivity index is 1.74. The molecular formula is C17H21N3O2S. The molecule has 0 saturated carbocycles. The lowest BCUT2D eigenvalue weighted by Gasteiger charge is -2.27. The predicted molar refractivity (Wildman–Crippen MR) is 91.0 cm³/mol. The van der Waals surface area contributed by atoms with Crippen LogP contribution in [-0.2, 0) is 25.9 Å². The van der Waals surface area contributed by atoms with Crippen LogP contribution in [-0.4, -0.2) is 27.2 Å². The fourth-order valence-electron chi connectivity index (χ4n) is 2.90. The molecule has 0 fully saturated rings. The summed E-state index contributed by atoms with van der Waals surface area (Å²) in [5.74, 6) is 0.906. The Morgan fingerprint density at radius 2 is 2.26 bits per heavy atom. The maximum Gasteiger partial charge on any atom is 0.255 e. The molecule has 1 N–H and O–H groups in total. The van der Waals surface area contributed by atoms with Crippen molar-refractivity contribution >= 4 is 17.1 Å². The smallest absolute Gasteiger partial charge is 0.255 e. The quantitative estimate of drug-likeness (QED) is 0.855. The van der Waals surface area contributed by atoms with Gasteiger partial charge in [-0.05, 0) is 25.5 Å². The molecule has 0 radical (unpaired) electrons. The number of hydrogen-bond donors (Lipinski definition) is 1. The van der Waals surface area contributed by atoms with E-state index in [0.717, 1.165) is 59.2 Å². The van der Waals surface area contributed by atoms with Gasteiger partial charge in [0.2, 0.25) is 0 Å². The first-order valence-electron chi connectivity index (χ1n) is 7.99. The van der Waals surface area contributed by atoms with Gasteiger partial charge in [-0.2, -0.15) is 0 Å². The zero-order valence-corrected chi connectivity index (χ0v) is 14.3. The average Bonchev–Trinajstić information content (AvgIpc) is 2.97. The van der Waals surface area contributed by atoms with E-state index < -0.39 is 0 Å². The molecule has 5 nitrogen and oxygen atoms in total. The molecule has 0 bridgehead atoms. The normalized spacial score (nSPS) is 14.7. The second-order valence-electron chi connectivity index (χ2n) is 5.97.